The van der Waals surface area contributed by atoms with Gasteiger partial charge in [-0.1, -0.05) is 19.1 Å². The molecule has 0 aliphatic rings. The van der Waals surface area contributed by atoms with Gasteiger partial charge in [0.1, 0.15) is 12.4 Å². The average molecular weight is 304 g/mol. The molecule has 0 unspecified atom stereocenters. The molecule has 2 aromatic rings. The number of carbonyl (C=O) groups is 1. The number of ether oxygens (including phenoxy) is 1. The highest BCUT2D eigenvalue weighted by molar-refractivity contribution is 5.91. The lowest BCUT2D eigenvalue weighted by Crippen LogP contribution is -2.23. The lowest BCUT2D eigenvalue weighted by atomic mass is 10.3. The fourth-order valence-corrected chi connectivity index (χ4v) is 1.78. The van der Waals surface area contributed by atoms with Crippen molar-refractivity contribution in [2.45, 2.75) is 20.0 Å². The Balaban J connectivity index is 2.00. The molecule has 0 aliphatic heterocycles. The number of rotatable bonds is 7. The number of nitro groups is 1. The van der Waals surface area contributed by atoms with Crippen LogP contribution < -0.4 is 10.1 Å². The Morgan fingerprint density at radius 3 is 2.82 bits per heavy atom. The summed E-state index contributed by atoms with van der Waals surface area (Å²) in [6, 6.07) is 9.23. The van der Waals surface area contributed by atoms with Crippen LogP contribution in [0.15, 0.2) is 40.8 Å². The Morgan fingerprint density at radius 2 is 2.09 bits per heavy atom. The number of nitrogens with one attached hydrogen (secondary N) is 1. The predicted octanol–water partition coefficient (Wildman–Crippen LogP) is 2.91. The summed E-state index contributed by atoms with van der Waals surface area (Å²) in [5, 5.41) is 13.6. The molecule has 2 rings (SSSR count). The highest BCUT2D eigenvalue weighted by Gasteiger charge is 2.15. The molecule has 7 nitrogen and oxygen atoms in total. The minimum Gasteiger partial charge on any atom is -0.479 e. The number of nitro benzene ring substituents is 1. The van der Waals surface area contributed by atoms with Gasteiger partial charge in [0.2, 0.25) is 0 Å². The molecule has 7 heteroatoms. The third-order valence-corrected chi connectivity index (χ3v) is 2.85. The second-order valence-electron chi connectivity index (χ2n) is 4.54. The monoisotopic (exact) mass is 304 g/mol. The van der Waals surface area contributed by atoms with Crippen LogP contribution in [0.1, 0.15) is 29.7 Å². The number of hydrogen-bond acceptors (Lipinski definition) is 5. The van der Waals surface area contributed by atoms with Gasteiger partial charge < -0.3 is 14.5 Å². The first kappa shape index (κ1) is 15.6. The van der Waals surface area contributed by atoms with Crippen LogP contribution in [-0.2, 0) is 6.61 Å². The van der Waals surface area contributed by atoms with Crippen molar-refractivity contribution >= 4 is 11.6 Å². The molecule has 0 saturated carbocycles. The number of benzene rings is 1. The molecule has 1 amide bonds. The van der Waals surface area contributed by atoms with Gasteiger partial charge in [0, 0.05) is 12.6 Å². The van der Waals surface area contributed by atoms with Crippen LogP contribution in [0.3, 0.4) is 0 Å². The lowest BCUT2D eigenvalue weighted by Gasteiger charge is -2.04. The molecule has 1 aromatic carbocycles. The van der Waals surface area contributed by atoms with E-state index in [1.165, 1.54) is 12.1 Å². The molecule has 0 radical (unpaired) electrons. The lowest BCUT2D eigenvalue weighted by molar-refractivity contribution is -0.386. The minimum absolute atomic E-state index is 0.00586. The number of amides is 1. The van der Waals surface area contributed by atoms with Crippen LogP contribution >= 0.6 is 0 Å². The van der Waals surface area contributed by atoms with E-state index >= 15 is 0 Å². The molecule has 0 fully saturated rings. The van der Waals surface area contributed by atoms with Gasteiger partial charge in [-0.3, -0.25) is 14.9 Å². The normalized spacial score (nSPS) is 10.2. The smallest absolute Gasteiger partial charge is 0.310 e. The zero-order valence-corrected chi connectivity index (χ0v) is 12.1. The summed E-state index contributed by atoms with van der Waals surface area (Å²) < 4.78 is 10.7. The van der Waals surface area contributed by atoms with Crippen LogP contribution in [0.25, 0.3) is 0 Å². The molecule has 1 heterocycles. The van der Waals surface area contributed by atoms with Crippen LogP contribution in [0.2, 0.25) is 0 Å². The fraction of sp³-hybridized carbons (Fsp3) is 0.267. The summed E-state index contributed by atoms with van der Waals surface area (Å²) in [6.45, 7) is 2.53. The average Bonchev–Trinajstić information content (AvgIpc) is 2.99. The Bertz CT molecular complexity index is 665. The third-order valence-electron chi connectivity index (χ3n) is 2.85. The van der Waals surface area contributed by atoms with Crippen LogP contribution in [-0.4, -0.2) is 17.4 Å². The second-order valence-corrected chi connectivity index (χ2v) is 4.54. The van der Waals surface area contributed by atoms with Gasteiger partial charge in [-0.25, -0.2) is 0 Å². The summed E-state index contributed by atoms with van der Waals surface area (Å²) in [4.78, 5) is 22.1. The molecular weight excluding hydrogens is 288 g/mol. The van der Waals surface area contributed by atoms with Gasteiger partial charge in [0.05, 0.1) is 4.92 Å². The van der Waals surface area contributed by atoms with Crippen molar-refractivity contribution in [1.82, 2.24) is 5.32 Å². The first-order valence-electron chi connectivity index (χ1n) is 6.85. The molecule has 0 saturated heterocycles. The SMILES string of the molecule is CCCNC(=O)c1ccc(COc2ccccc2[N+](=O)[O-])o1. The minimum atomic E-state index is -0.513. The highest BCUT2D eigenvalue weighted by atomic mass is 16.6. The van der Waals surface area contributed by atoms with E-state index in [-0.39, 0.29) is 29.7 Å². The number of carbonyl (C=O) groups excluding carboxylic acids is 1. The Labute approximate surface area is 127 Å². The Kier molecular flexibility index (Phi) is 5.13. The van der Waals surface area contributed by atoms with E-state index in [1.807, 2.05) is 6.92 Å². The largest absolute Gasteiger partial charge is 0.479 e. The van der Waals surface area contributed by atoms with Gasteiger partial charge in [0.15, 0.2) is 11.5 Å². The van der Waals surface area contributed by atoms with Crippen molar-refractivity contribution in [2.24, 2.45) is 0 Å². The Hall–Kier alpha value is -2.83. The maximum atomic E-state index is 11.7. The quantitative estimate of drug-likeness (QED) is 0.627. The summed E-state index contributed by atoms with van der Waals surface area (Å²) in [5.74, 6) is 0.467. The maximum absolute atomic E-state index is 11.7. The van der Waals surface area contributed by atoms with E-state index < -0.39 is 4.92 Å². The Morgan fingerprint density at radius 1 is 1.32 bits per heavy atom. The van der Waals surface area contributed by atoms with Crippen molar-refractivity contribution in [1.29, 1.82) is 0 Å². The van der Waals surface area contributed by atoms with Crippen molar-refractivity contribution in [2.75, 3.05) is 6.54 Å². The molecule has 1 N–H and O–H groups in total. The second kappa shape index (κ2) is 7.26. The van der Waals surface area contributed by atoms with Gasteiger partial charge in [-0.15, -0.1) is 0 Å². The number of hydrogen-bond donors (Lipinski definition) is 1. The van der Waals surface area contributed by atoms with E-state index in [0.717, 1.165) is 6.42 Å². The molecule has 0 atom stereocenters. The van der Waals surface area contributed by atoms with E-state index in [9.17, 15) is 14.9 Å². The molecule has 22 heavy (non-hydrogen) atoms. The fourth-order valence-electron chi connectivity index (χ4n) is 1.78. The van der Waals surface area contributed by atoms with Crippen molar-refractivity contribution in [3.05, 3.63) is 58.0 Å². The standard InChI is InChI=1S/C15H16N2O5/c1-2-9-16-15(18)14-8-7-11(22-14)10-21-13-6-4-3-5-12(13)17(19)20/h3-8H,2,9-10H2,1H3,(H,16,18). The van der Waals surface area contributed by atoms with Crippen LogP contribution in [0.4, 0.5) is 5.69 Å². The van der Waals surface area contributed by atoms with Gasteiger partial charge in [-0.2, -0.15) is 0 Å². The van der Waals surface area contributed by atoms with Crippen molar-refractivity contribution in [3.63, 3.8) is 0 Å². The highest BCUT2D eigenvalue weighted by Crippen LogP contribution is 2.26. The third kappa shape index (κ3) is 3.85. The molecule has 0 bridgehead atoms. The van der Waals surface area contributed by atoms with Crippen LogP contribution in [0.5, 0.6) is 5.75 Å². The summed E-state index contributed by atoms with van der Waals surface area (Å²) in [6.07, 6.45) is 0.833. The predicted molar refractivity (Wildman–Crippen MR) is 78.8 cm³/mol. The molecule has 116 valence electrons. The van der Waals surface area contributed by atoms with Crippen molar-refractivity contribution in [3.8, 4) is 5.75 Å². The van der Waals surface area contributed by atoms with E-state index in [1.54, 1.807) is 24.3 Å². The van der Waals surface area contributed by atoms with Crippen molar-refractivity contribution < 1.29 is 18.9 Å². The topological polar surface area (TPSA) is 94.6 Å². The summed E-state index contributed by atoms with van der Waals surface area (Å²) in [5.41, 5.74) is -0.116. The maximum Gasteiger partial charge on any atom is 0.310 e. The summed E-state index contributed by atoms with van der Waals surface area (Å²) >= 11 is 0. The molecule has 0 aliphatic carbocycles. The zero-order valence-electron chi connectivity index (χ0n) is 12.1. The van der Waals surface area contributed by atoms with Gasteiger partial charge in [0.25, 0.3) is 5.91 Å². The van der Waals surface area contributed by atoms with E-state index in [4.69, 9.17) is 9.15 Å². The zero-order chi connectivity index (χ0) is 15.9. The van der Waals surface area contributed by atoms with Gasteiger partial charge in [-0.05, 0) is 24.6 Å². The molecule has 1 aromatic heterocycles. The number of furan rings is 1. The van der Waals surface area contributed by atoms with E-state index in [0.29, 0.717) is 12.3 Å². The van der Waals surface area contributed by atoms with E-state index in [2.05, 4.69) is 5.32 Å². The van der Waals surface area contributed by atoms with Crippen LogP contribution in [0, 0.1) is 10.1 Å². The first-order valence-corrected chi connectivity index (χ1v) is 6.85. The molecular formula is C15H16N2O5. The number of para-hydroxylation sites is 2. The molecule has 0 spiro atoms. The summed E-state index contributed by atoms with van der Waals surface area (Å²) in [7, 11) is 0. The number of nitrogens with zero attached hydrogens (tertiary/aromatic N) is 1. The van der Waals surface area contributed by atoms with Gasteiger partial charge >= 0.3 is 5.69 Å². The first-order chi connectivity index (χ1) is 10.6.